The third-order valence-electron chi connectivity index (χ3n) is 1.88. The zero-order chi connectivity index (χ0) is 9.14. The van der Waals surface area contributed by atoms with Gasteiger partial charge in [0.2, 0.25) is 0 Å². The Morgan fingerprint density at radius 3 is 2.75 bits per heavy atom. The van der Waals surface area contributed by atoms with E-state index in [9.17, 15) is 4.79 Å². The molecule has 0 fully saturated rings. The van der Waals surface area contributed by atoms with Gasteiger partial charge in [-0.15, -0.1) is 0 Å². The minimum Gasteiger partial charge on any atom is -0.383 e. The first-order valence-corrected chi connectivity index (χ1v) is 4.15. The third-order valence-corrected chi connectivity index (χ3v) is 1.88. The van der Waals surface area contributed by atoms with Crippen molar-refractivity contribution >= 4 is 5.78 Å². The van der Waals surface area contributed by atoms with Gasteiger partial charge in [0.1, 0.15) is 0 Å². The Bertz CT molecular complexity index is 249. The number of Topliss-reactive ketones (excluding diaryl/α,β-unsaturated/α-hetero) is 1. The second kappa shape index (κ2) is 3.57. The number of rotatable bonds is 1. The van der Waals surface area contributed by atoms with Crippen molar-refractivity contribution in [3.63, 3.8) is 0 Å². The fourth-order valence-electron chi connectivity index (χ4n) is 1.30. The van der Waals surface area contributed by atoms with E-state index in [2.05, 4.69) is 6.92 Å². The molecule has 2 heteroatoms. The minimum atomic E-state index is 0.259. The number of ketones is 1. The molecule has 0 bridgehead atoms. The lowest BCUT2D eigenvalue weighted by Crippen LogP contribution is -2.12. The molecule has 1 aliphatic carbocycles. The molecule has 2 nitrogen and oxygen atoms in total. The minimum absolute atomic E-state index is 0.259. The molecule has 0 radical (unpaired) electrons. The molecule has 0 aliphatic heterocycles. The van der Waals surface area contributed by atoms with Gasteiger partial charge in [0, 0.05) is 32.3 Å². The number of carbonyl (C=O) groups is 1. The van der Waals surface area contributed by atoms with Crippen LogP contribution < -0.4 is 0 Å². The number of carbonyl (C=O) groups excluding carboxylic acids is 1. The average Bonchev–Trinajstić information content (AvgIpc) is 1.96. The van der Waals surface area contributed by atoms with E-state index in [0.29, 0.717) is 6.42 Å². The zero-order valence-corrected chi connectivity index (χ0v) is 7.92. The summed E-state index contributed by atoms with van der Waals surface area (Å²) in [7, 11) is 3.88. The Kier molecular flexibility index (Phi) is 2.69. The van der Waals surface area contributed by atoms with Gasteiger partial charge < -0.3 is 4.90 Å². The van der Waals surface area contributed by atoms with E-state index in [1.54, 1.807) is 0 Å². The van der Waals surface area contributed by atoms with Gasteiger partial charge in [-0.05, 0) is 13.3 Å². The summed E-state index contributed by atoms with van der Waals surface area (Å²) >= 11 is 0. The first-order valence-electron chi connectivity index (χ1n) is 4.15. The van der Waals surface area contributed by atoms with Crippen molar-refractivity contribution in [3.05, 3.63) is 23.4 Å². The van der Waals surface area contributed by atoms with Gasteiger partial charge in [-0.3, -0.25) is 4.79 Å². The lowest BCUT2D eigenvalue weighted by atomic mass is 9.95. The summed E-state index contributed by atoms with van der Waals surface area (Å²) in [5, 5.41) is 0. The van der Waals surface area contributed by atoms with Crippen molar-refractivity contribution in [3.8, 4) is 0 Å². The highest BCUT2D eigenvalue weighted by atomic mass is 16.1. The summed E-state index contributed by atoms with van der Waals surface area (Å²) < 4.78 is 0. The van der Waals surface area contributed by atoms with Crippen LogP contribution in [0.3, 0.4) is 0 Å². The zero-order valence-electron chi connectivity index (χ0n) is 7.92. The predicted octanol–water partition coefficient (Wildman–Crippen LogP) is 1.74. The summed E-state index contributed by atoms with van der Waals surface area (Å²) in [4.78, 5) is 13.3. The lowest BCUT2D eigenvalue weighted by Gasteiger charge is -2.14. The molecule has 1 aliphatic rings. The van der Waals surface area contributed by atoms with Crippen molar-refractivity contribution in [2.45, 2.75) is 19.8 Å². The van der Waals surface area contributed by atoms with Crippen LogP contribution in [0.15, 0.2) is 23.4 Å². The Morgan fingerprint density at radius 2 is 2.17 bits per heavy atom. The van der Waals surface area contributed by atoms with Gasteiger partial charge in [-0.1, -0.05) is 11.6 Å². The van der Waals surface area contributed by atoms with E-state index in [-0.39, 0.29) is 5.78 Å². The Hall–Kier alpha value is -1.05. The number of allylic oxidation sites excluding steroid dienone is 3. The fraction of sp³-hybridized carbons (Fsp3) is 0.500. The number of nitrogens with zero attached hydrogens (tertiary/aromatic N) is 1. The molecule has 0 atom stereocenters. The average molecular weight is 165 g/mol. The quantitative estimate of drug-likeness (QED) is 0.435. The van der Waals surface area contributed by atoms with Crippen molar-refractivity contribution in [2.75, 3.05) is 14.1 Å². The molecule has 0 saturated heterocycles. The maximum atomic E-state index is 11.3. The van der Waals surface area contributed by atoms with Crippen LogP contribution in [0.4, 0.5) is 0 Å². The molecule has 0 saturated carbocycles. The highest BCUT2D eigenvalue weighted by molar-refractivity contribution is 5.97. The largest absolute Gasteiger partial charge is 0.383 e. The highest BCUT2D eigenvalue weighted by Crippen LogP contribution is 2.19. The van der Waals surface area contributed by atoms with Crippen molar-refractivity contribution < 1.29 is 4.79 Å². The van der Waals surface area contributed by atoms with E-state index in [0.717, 1.165) is 12.0 Å². The van der Waals surface area contributed by atoms with Gasteiger partial charge in [0.15, 0.2) is 5.78 Å². The normalized spacial score (nSPS) is 21.1. The maximum Gasteiger partial charge on any atom is 0.164 e. The van der Waals surface area contributed by atoms with Crippen molar-refractivity contribution in [1.29, 1.82) is 0 Å². The van der Waals surface area contributed by atoms with Crippen LogP contribution in [-0.2, 0) is 4.79 Å². The van der Waals surface area contributed by atoms with Gasteiger partial charge in [-0.2, -0.15) is 0 Å². The van der Waals surface area contributed by atoms with Crippen LogP contribution in [-0.4, -0.2) is 24.8 Å². The Morgan fingerprint density at radius 1 is 1.50 bits per heavy atom. The van der Waals surface area contributed by atoms with Crippen molar-refractivity contribution in [2.24, 2.45) is 0 Å². The van der Waals surface area contributed by atoms with E-state index < -0.39 is 0 Å². The molecule has 0 spiro atoms. The van der Waals surface area contributed by atoms with Crippen LogP contribution in [0.5, 0.6) is 0 Å². The first kappa shape index (κ1) is 9.04. The van der Waals surface area contributed by atoms with Gasteiger partial charge in [-0.25, -0.2) is 0 Å². The molecular weight excluding hydrogens is 150 g/mol. The third kappa shape index (κ3) is 2.22. The van der Waals surface area contributed by atoms with Crippen LogP contribution in [0.1, 0.15) is 19.8 Å². The summed E-state index contributed by atoms with van der Waals surface area (Å²) in [5.74, 6) is 0.259. The molecule has 0 heterocycles. The summed E-state index contributed by atoms with van der Waals surface area (Å²) in [6.45, 7) is 2.07. The Balaban J connectivity index is 2.79. The van der Waals surface area contributed by atoms with Crippen LogP contribution in [0, 0.1) is 0 Å². The molecule has 0 amide bonds. The van der Waals surface area contributed by atoms with E-state index in [1.165, 1.54) is 5.57 Å². The summed E-state index contributed by atoms with van der Waals surface area (Å²) in [5.41, 5.74) is 2.22. The first-order chi connectivity index (χ1) is 5.59. The van der Waals surface area contributed by atoms with Gasteiger partial charge in [0.25, 0.3) is 0 Å². The smallest absolute Gasteiger partial charge is 0.164 e. The molecule has 0 aromatic rings. The fourth-order valence-corrected chi connectivity index (χ4v) is 1.30. The molecule has 66 valence electrons. The highest BCUT2D eigenvalue weighted by Gasteiger charge is 2.13. The molecule has 0 N–H and O–H groups in total. The molecule has 1 rings (SSSR count). The topological polar surface area (TPSA) is 20.3 Å². The monoisotopic (exact) mass is 165 g/mol. The van der Waals surface area contributed by atoms with E-state index in [1.807, 2.05) is 31.3 Å². The van der Waals surface area contributed by atoms with Gasteiger partial charge >= 0.3 is 0 Å². The summed E-state index contributed by atoms with van der Waals surface area (Å²) in [6.07, 6.45) is 5.32. The molecular formula is C10H15NO. The predicted molar refractivity (Wildman–Crippen MR) is 49.8 cm³/mol. The number of hydrogen-bond acceptors (Lipinski definition) is 2. The Labute approximate surface area is 73.6 Å². The molecule has 0 aromatic heterocycles. The second-order valence-electron chi connectivity index (χ2n) is 3.47. The molecule has 12 heavy (non-hydrogen) atoms. The van der Waals surface area contributed by atoms with E-state index >= 15 is 0 Å². The summed E-state index contributed by atoms with van der Waals surface area (Å²) in [6, 6.07) is 0. The van der Waals surface area contributed by atoms with Crippen LogP contribution in [0.2, 0.25) is 0 Å². The lowest BCUT2D eigenvalue weighted by molar-refractivity contribution is -0.115. The van der Waals surface area contributed by atoms with Gasteiger partial charge in [0.05, 0.1) is 0 Å². The van der Waals surface area contributed by atoms with Crippen LogP contribution in [0.25, 0.3) is 0 Å². The van der Waals surface area contributed by atoms with E-state index in [4.69, 9.17) is 0 Å². The maximum absolute atomic E-state index is 11.3. The van der Waals surface area contributed by atoms with Crippen LogP contribution >= 0.6 is 0 Å². The standard InChI is InChI=1S/C10H15NO/c1-8-4-5-10(12)9(6-8)7-11(2)3/h4,7H,5-6H2,1-3H3. The SMILES string of the molecule is CC1=CCC(=O)C(=CN(C)C)C1. The molecule has 0 aromatic carbocycles. The van der Waals surface area contributed by atoms with Crippen molar-refractivity contribution in [1.82, 2.24) is 4.90 Å². The number of hydrogen-bond donors (Lipinski definition) is 0. The second-order valence-corrected chi connectivity index (χ2v) is 3.47. The molecule has 0 unspecified atom stereocenters.